The number of amides is 1. The molecule has 1 aromatic carbocycles. The van der Waals surface area contributed by atoms with Crippen molar-refractivity contribution >= 4 is 5.91 Å². The lowest BCUT2D eigenvalue weighted by Crippen LogP contribution is -2.52. The second kappa shape index (κ2) is 4.94. The van der Waals surface area contributed by atoms with Crippen LogP contribution in [-0.2, 0) is 18.0 Å². The lowest BCUT2D eigenvalue weighted by molar-refractivity contribution is 0.0887. The van der Waals surface area contributed by atoms with Gasteiger partial charge in [0.1, 0.15) is 0 Å². The molecule has 1 saturated heterocycles. The van der Waals surface area contributed by atoms with E-state index < -0.39 is 0 Å². The highest BCUT2D eigenvalue weighted by Crippen LogP contribution is 2.22. The molecule has 2 aliphatic rings. The molecule has 4 heteroatoms. The first-order valence-electron chi connectivity index (χ1n) is 6.89. The van der Waals surface area contributed by atoms with Gasteiger partial charge >= 0.3 is 0 Å². The fraction of sp³-hybridized carbons (Fsp3) is 0.533. The SMILES string of the molecule is CC1(NC(=O)c2ccc3c(c2)COC3)CCNCC1. The van der Waals surface area contributed by atoms with Gasteiger partial charge in [0.2, 0.25) is 0 Å². The second-order valence-electron chi connectivity index (χ2n) is 5.74. The van der Waals surface area contributed by atoms with Crippen molar-refractivity contribution in [2.45, 2.75) is 38.5 Å². The molecule has 19 heavy (non-hydrogen) atoms. The van der Waals surface area contributed by atoms with Gasteiger partial charge in [0.25, 0.3) is 5.91 Å². The van der Waals surface area contributed by atoms with Crippen molar-refractivity contribution in [3.63, 3.8) is 0 Å². The van der Waals surface area contributed by atoms with Crippen LogP contribution in [0.1, 0.15) is 41.3 Å². The third-order valence-electron chi connectivity index (χ3n) is 4.11. The highest BCUT2D eigenvalue weighted by Gasteiger charge is 2.28. The number of hydrogen-bond acceptors (Lipinski definition) is 3. The topological polar surface area (TPSA) is 50.4 Å². The molecule has 0 spiro atoms. The molecule has 0 atom stereocenters. The Kier molecular flexibility index (Phi) is 3.29. The van der Waals surface area contributed by atoms with Crippen LogP contribution in [0.2, 0.25) is 0 Å². The van der Waals surface area contributed by atoms with E-state index in [0.29, 0.717) is 13.2 Å². The number of hydrogen-bond donors (Lipinski definition) is 2. The number of carbonyl (C=O) groups excluding carboxylic acids is 1. The van der Waals surface area contributed by atoms with Crippen LogP contribution >= 0.6 is 0 Å². The maximum Gasteiger partial charge on any atom is 0.251 e. The largest absolute Gasteiger partial charge is 0.372 e. The first-order valence-corrected chi connectivity index (χ1v) is 6.89. The average molecular weight is 260 g/mol. The molecule has 0 saturated carbocycles. The summed E-state index contributed by atoms with van der Waals surface area (Å²) in [7, 11) is 0. The molecule has 0 aliphatic carbocycles. The summed E-state index contributed by atoms with van der Waals surface area (Å²) >= 11 is 0. The lowest BCUT2D eigenvalue weighted by Gasteiger charge is -2.35. The van der Waals surface area contributed by atoms with Crippen molar-refractivity contribution in [2.75, 3.05) is 13.1 Å². The second-order valence-corrected chi connectivity index (χ2v) is 5.74. The van der Waals surface area contributed by atoms with Crippen LogP contribution in [0, 0.1) is 0 Å². The minimum absolute atomic E-state index is 0.0269. The summed E-state index contributed by atoms with van der Waals surface area (Å²) in [5.74, 6) is 0.0269. The van der Waals surface area contributed by atoms with Gasteiger partial charge < -0.3 is 15.4 Å². The van der Waals surface area contributed by atoms with Crippen molar-refractivity contribution in [2.24, 2.45) is 0 Å². The number of nitrogens with one attached hydrogen (secondary N) is 2. The van der Waals surface area contributed by atoms with E-state index in [9.17, 15) is 4.79 Å². The molecule has 0 radical (unpaired) electrons. The molecule has 2 N–H and O–H groups in total. The van der Waals surface area contributed by atoms with E-state index in [0.717, 1.165) is 37.1 Å². The molecule has 1 fully saturated rings. The van der Waals surface area contributed by atoms with Crippen LogP contribution in [0.4, 0.5) is 0 Å². The summed E-state index contributed by atoms with van der Waals surface area (Å²) in [6.45, 7) is 5.35. The van der Waals surface area contributed by atoms with E-state index in [1.54, 1.807) is 0 Å². The smallest absolute Gasteiger partial charge is 0.251 e. The minimum atomic E-state index is -0.0855. The molecule has 2 aliphatic heterocycles. The highest BCUT2D eigenvalue weighted by atomic mass is 16.5. The Hall–Kier alpha value is -1.39. The maximum absolute atomic E-state index is 12.3. The van der Waals surface area contributed by atoms with Gasteiger partial charge in [-0.15, -0.1) is 0 Å². The Morgan fingerprint density at radius 1 is 1.26 bits per heavy atom. The third-order valence-corrected chi connectivity index (χ3v) is 4.11. The van der Waals surface area contributed by atoms with Crippen molar-refractivity contribution in [3.8, 4) is 0 Å². The molecular formula is C15H20N2O2. The standard InChI is InChI=1S/C15H20N2O2/c1-15(4-6-16-7-5-15)17-14(18)11-2-3-12-9-19-10-13(12)8-11/h2-3,8,16H,4-7,9-10H2,1H3,(H,17,18). The van der Waals surface area contributed by atoms with Gasteiger partial charge in [0, 0.05) is 11.1 Å². The van der Waals surface area contributed by atoms with Crippen molar-refractivity contribution in [1.82, 2.24) is 10.6 Å². The van der Waals surface area contributed by atoms with Crippen molar-refractivity contribution in [3.05, 3.63) is 34.9 Å². The van der Waals surface area contributed by atoms with E-state index in [-0.39, 0.29) is 11.4 Å². The predicted octanol–water partition coefficient (Wildman–Crippen LogP) is 1.59. The van der Waals surface area contributed by atoms with E-state index in [1.807, 2.05) is 18.2 Å². The molecule has 2 heterocycles. The molecule has 0 bridgehead atoms. The van der Waals surface area contributed by atoms with Gasteiger partial charge in [0.15, 0.2) is 0 Å². The normalized spacial score (nSPS) is 20.9. The molecular weight excluding hydrogens is 240 g/mol. The Morgan fingerprint density at radius 3 is 2.79 bits per heavy atom. The van der Waals surface area contributed by atoms with Gasteiger partial charge in [-0.2, -0.15) is 0 Å². The molecule has 0 aromatic heterocycles. The molecule has 102 valence electrons. The Bertz CT molecular complexity index is 493. The van der Waals surface area contributed by atoms with Crippen molar-refractivity contribution < 1.29 is 9.53 Å². The quantitative estimate of drug-likeness (QED) is 0.849. The Morgan fingerprint density at radius 2 is 2.00 bits per heavy atom. The Balaban J connectivity index is 1.73. The molecule has 1 amide bonds. The summed E-state index contributed by atoms with van der Waals surface area (Å²) in [5.41, 5.74) is 2.99. The summed E-state index contributed by atoms with van der Waals surface area (Å²) in [6.07, 6.45) is 1.96. The van der Waals surface area contributed by atoms with Crippen LogP contribution < -0.4 is 10.6 Å². The first kappa shape index (κ1) is 12.6. The van der Waals surface area contributed by atoms with Crippen LogP contribution in [-0.4, -0.2) is 24.5 Å². The van der Waals surface area contributed by atoms with Crippen LogP contribution in [0.25, 0.3) is 0 Å². The molecule has 0 unspecified atom stereocenters. The minimum Gasteiger partial charge on any atom is -0.372 e. The van der Waals surface area contributed by atoms with E-state index in [4.69, 9.17) is 4.74 Å². The number of carbonyl (C=O) groups is 1. The van der Waals surface area contributed by atoms with E-state index in [1.165, 1.54) is 5.56 Å². The summed E-state index contributed by atoms with van der Waals surface area (Å²) in [5, 5.41) is 6.50. The van der Waals surface area contributed by atoms with Crippen LogP contribution in [0.5, 0.6) is 0 Å². The van der Waals surface area contributed by atoms with Gasteiger partial charge in [-0.25, -0.2) is 0 Å². The average Bonchev–Trinajstić information content (AvgIpc) is 2.86. The molecule has 1 aromatic rings. The fourth-order valence-electron chi connectivity index (χ4n) is 2.76. The van der Waals surface area contributed by atoms with Crippen LogP contribution in [0.3, 0.4) is 0 Å². The number of rotatable bonds is 2. The zero-order valence-corrected chi connectivity index (χ0v) is 11.3. The summed E-state index contributed by atoms with van der Waals surface area (Å²) in [6, 6.07) is 5.86. The van der Waals surface area contributed by atoms with Gasteiger partial charge in [-0.05, 0) is 56.1 Å². The Labute approximate surface area is 113 Å². The zero-order valence-electron chi connectivity index (χ0n) is 11.3. The van der Waals surface area contributed by atoms with Gasteiger partial charge in [-0.3, -0.25) is 4.79 Å². The molecule has 4 nitrogen and oxygen atoms in total. The van der Waals surface area contributed by atoms with E-state index in [2.05, 4.69) is 17.6 Å². The predicted molar refractivity (Wildman–Crippen MR) is 72.9 cm³/mol. The van der Waals surface area contributed by atoms with Crippen LogP contribution in [0.15, 0.2) is 18.2 Å². The summed E-state index contributed by atoms with van der Waals surface area (Å²) in [4.78, 5) is 12.3. The fourth-order valence-corrected chi connectivity index (χ4v) is 2.76. The highest BCUT2D eigenvalue weighted by molar-refractivity contribution is 5.95. The number of piperidine rings is 1. The van der Waals surface area contributed by atoms with E-state index >= 15 is 0 Å². The monoisotopic (exact) mass is 260 g/mol. The number of fused-ring (bicyclic) bond motifs is 1. The summed E-state index contributed by atoms with van der Waals surface area (Å²) < 4.78 is 5.38. The van der Waals surface area contributed by atoms with Gasteiger partial charge in [-0.1, -0.05) is 6.07 Å². The third kappa shape index (κ3) is 2.65. The zero-order chi connectivity index (χ0) is 13.3. The number of benzene rings is 1. The van der Waals surface area contributed by atoms with Crippen molar-refractivity contribution in [1.29, 1.82) is 0 Å². The first-order chi connectivity index (χ1) is 9.16. The number of ether oxygens (including phenoxy) is 1. The maximum atomic E-state index is 12.3. The van der Waals surface area contributed by atoms with Gasteiger partial charge in [0.05, 0.1) is 13.2 Å². The molecule has 3 rings (SSSR count). The lowest BCUT2D eigenvalue weighted by atomic mass is 9.90.